The van der Waals surface area contributed by atoms with Crippen LogP contribution in [0.1, 0.15) is 13.8 Å². The summed E-state index contributed by atoms with van der Waals surface area (Å²) in [4.78, 5) is 2.30. The second-order valence-corrected chi connectivity index (χ2v) is 2.99. The first kappa shape index (κ1) is 7.03. The third-order valence-corrected chi connectivity index (χ3v) is 1.78. The van der Waals surface area contributed by atoms with Crippen LogP contribution >= 0.6 is 0 Å². The lowest BCUT2D eigenvalue weighted by atomic mass is 10.3. The number of ether oxygens (including phenoxy) is 1. The summed E-state index contributed by atoms with van der Waals surface area (Å²) in [6.45, 7) is 6.46. The molecule has 1 aliphatic rings. The van der Waals surface area contributed by atoms with Crippen LogP contribution in [0, 0.1) is 0 Å². The van der Waals surface area contributed by atoms with E-state index in [4.69, 9.17) is 4.74 Å². The number of hydrogen-bond donors (Lipinski definition) is 0. The van der Waals surface area contributed by atoms with Gasteiger partial charge in [0.05, 0.1) is 12.7 Å². The van der Waals surface area contributed by atoms with Crippen molar-refractivity contribution in [3.8, 4) is 0 Å². The fourth-order valence-corrected chi connectivity index (χ4v) is 0.705. The van der Waals surface area contributed by atoms with Gasteiger partial charge in [-0.25, -0.2) is 0 Å². The van der Waals surface area contributed by atoms with Crippen LogP contribution in [-0.2, 0) is 4.74 Å². The van der Waals surface area contributed by atoms with Gasteiger partial charge in [-0.2, -0.15) is 0 Å². The Morgan fingerprint density at radius 3 is 2.56 bits per heavy atom. The molecule has 0 aromatic heterocycles. The number of nitrogens with zero attached hydrogens (tertiary/aromatic N) is 1. The molecule has 1 fully saturated rings. The van der Waals surface area contributed by atoms with E-state index in [0.717, 1.165) is 13.2 Å². The van der Waals surface area contributed by atoms with Gasteiger partial charge in [0.15, 0.2) is 0 Å². The van der Waals surface area contributed by atoms with Crippen molar-refractivity contribution in [1.82, 2.24) is 4.90 Å². The summed E-state index contributed by atoms with van der Waals surface area (Å²) < 4.78 is 5.09. The van der Waals surface area contributed by atoms with Crippen molar-refractivity contribution in [3.63, 3.8) is 0 Å². The molecule has 0 aromatic rings. The highest BCUT2D eigenvalue weighted by molar-refractivity contribution is 4.73. The molecule has 2 nitrogen and oxygen atoms in total. The number of likely N-dealkylation sites (N-methyl/N-ethyl adjacent to an activating group) is 1. The van der Waals surface area contributed by atoms with Crippen molar-refractivity contribution >= 4 is 0 Å². The van der Waals surface area contributed by atoms with E-state index in [2.05, 4.69) is 25.8 Å². The lowest BCUT2D eigenvalue weighted by Crippen LogP contribution is -2.29. The normalized spacial score (nSPS) is 25.7. The molecule has 1 heterocycles. The van der Waals surface area contributed by atoms with E-state index >= 15 is 0 Å². The fraction of sp³-hybridized carbons (Fsp3) is 1.00. The molecule has 0 N–H and O–H groups in total. The molecule has 1 saturated heterocycles. The number of epoxide rings is 1. The van der Waals surface area contributed by atoms with Gasteiger partial charge in [-0.15, -0.1) is 0 Å². The Kier molecular flexibility index (Phi) is 2.09. The van der Waals surface area contributed by atoms with Crippen LogP contribution < -0.4 is 0 Å². The van der Waals surface area contributed by atoms with E-state index < -0.39 is 0 Å². The maximum Gasteiger partial charge on any atom is 0.0936 e. The smallest absolute Gasteiger partial charge is 0.0936 e. The number of rotatable bonds is 3. The van der Waals surface area contributed by atoms with Gasteiger partial charge in [-0.1, -0.05) is 0 Å². The minimum absolute atomic E-state index is 0.539. The summed E-state index contributed by atoms with van der Waals surface area (Å²) in [5.74, 6) is 0. The van der Waals surface area contributed by atoms with Gasteiger partial charge >= 0.3 is 0 Å². The second kappa shape index (κ2) is 2.67. The van der Waals surface area contributed by atoms with E-state index in [1.165, 1.54) is 0 Å². The van der Waals surface area contributed by atoms with Gasteiger partial charge in [-0.3, -0.25) is 0 Å². The first-order chi connectivity index (χ1) is 4.20. The molecule has 0 aliphatic carbocycles. The van der Waals surface area contributed by atoms with Crippen LogP contribution in [0.25, 0.3) is 0 Å². The van der Waals surface area contributed by atoms with Crippen molar-refractivity contribution in [1.29, 1.82) is 0 Å². The van der Waals surface area contributed by atoms with Crippen LogP contribution in [0.2, 0.25) is 0 Å². The minimum atomic E-state index is 0.539. The van der Waals surface area contributed by atoms with Gasteiger partial charge in [0.25, 0.3) is 0 Å². The quantitative estimate of drug-likeness (QED) is 0.522. The fourth-order valence-electron chi connectivity index (χ4n) is 0.705. The molecule has 1 rings (SSSR count). The van der Waals surface area contributed by atoms with Crippen LogP contribution in [0.4, 0.5) is 0 Å². The molecule has 9 heavy (non-hydrogen) atoms. The van der Waals surface area contributed by atoms with Gasteiger partial charge in [-0.05, 0) is 20.9 Å². The van der Waals surface area contributed by atoms with Crippen LogP contribution in [0.15, 0.2) is 0 Å². The van der Waals surface area contributed by atoms with Crippen molar-refractivity contribution in [3.05, 3.63) is 0 Å². The molecule has 2 heteroatoms. The Bertz CT molecular complexity index is 88.9. The van der Waals surface area contributed by atoms with Crippen molar-refractivity contribution in [2.45, 2.75) is 26.0 Å². The third-order valence-electron chi connectivity index (χ3n) is 1.78. The number of hydrogen-bond acceptors (Lipinski definition) is 2. The Balaban J connectivity index is 2.09. The largest absolute Gasteiger partial charge is 0.372 e. The summed E-state index contributed by atoms with van der Waals surface area (Å²) in [7, 11) is 2.13. The van der Waals surface area contributed by atoms with E-state index in [0.29, 0.717) is 12.1 Å². The molecule has 0 spiro atoms. The SMILES string of the molecule is CC(C)N(C)CC1CO1. The molecular weight excluding hydrogens is 114 g/mol. The zero-order valence-corrected chi connectivity index (χ0v) is 6.42. The monoisotopic (exact) mass is 129 g/mol. The van der Waals surface area contributed by atoms with Crippen molar-refractivity contribution < 1.29 is 4.74 Å². The zero-order chi connectivity index (χ0) is 6.85. The molecule has 0 bridgehead atoms. The predicted octanol–water partition coefficient (Wildman–Crippen LogP) is 0.725. The molecule has 0 saturated carbocycles. The second-order valence-electron chi connectivity index (χ2n) is 2.99. The molecule has 1 atom stereocenters. The molecule has 0 amide bonds. The van der Waals surface area contributed by atoms with Gasteiger partial charge in [0.2, 0.25) is 0 Å². The minimum Gasteiger partial charge on any atom is -0.372 e. The summed E-state index contributed by atoms with van der Waals surface area (Å²) in [6, 6.07) is 0.647. The molecule has 1 unspecified atom stereocenters. The van der Waals surface area contributed by atoms with Gasteiger partial charge in [0.1, 0.15) is 0 Å². The average Bonchev–Trinajstić information content (AvgIpc) is 2.50. The van der Waals surface area contributed by atoms with Crippen LogP contribution in [0.3, 0.4) is 0 Å². The highest BCUT2D eigenvalue weighted by atomic mass is 16.6. The highest BCUT2D eigenvalue weighted by Crippen LogP contribution is 2.10. The summed E-state index contributed by atoms with van der Waals surface area (Å²) >= 11 is 0. The summed E-state index contributed by atoms with van der Waals surface area (Å²) in [6.07, 6.45) is 0.539. The highest BCUT2D eigenvalue weighted by Gasteiger charge is 2.24. The Morgan fingerprint density at radius 1 is 1.67 bits per heavy atom. The first-order valence-electron chi connectivity index (χ1n) is 3.52. The van der Waals surface area contributed by atoms with E-state index in [1.54, 1.807) is 0 Å². The maximum atomic E-state index is 5.09. The van der Waals surface area contributed by atoms with Crippen molar-refractivity contribution in [2.75, 3.05) is 20.2 Å². The lowest BCUT2D eigenvalue weighted by Gasteiger charge is -2.19. The third kappa shape index (κ3) is 2.33. The zero-order valence-electron chi connectivity index (χ0n) is 6.42. The molecule has 0 aromatic carbocycles. The van der Waals surface area contributed by atoms with Crippen LogP contribution in [0.5, 0.6) is 0 Å². The van der Waals surface area contributed by atoms with Crippen LogP contribution in [-0.4, -0.2) is 37.2 Å². The topological polar surface area (TPSA) is 15.8 Å². The Labute approximate surface area is 56.8 Å². The lowest BCUT2D eigenvalue weighted by molar-refractivity contribution is 0.242. The van der Waals surface area contributed by atoms with E-state index in [9.17, 15) is 0 Å². The molecule has 54 valence electrons. The molecular formula is C7H15NO. The average molecular weight is 129 g/mol. The maximum absolute atomic E-state index is 5.09. The first-order valence-corrected chi connectivity index (χ1v) is 3.52. The Morgan fingerprint density at radius 2 is 2.22 bits per heavy atom. The summed E-state index contributed by atoms with van der Waals surface area (Å²) in [5.41, 5.74) is 0. The van der Waals surface area contributed by atoms with E-state index in [-0.39, 0.29) is 0 Å². The Hall–Kier alpha value is -0.0800. The molecule has 1 aliphatic heterocycles. The predicted molar refractivity (Wildman–Crippen MR) is 37.5 cm³/mol. The standard InChI is InChI=1S/C7H15NO/c1-6(2)8(3)4-7-5-9-7/h6-7H,4-5H2,1-3H3. The van der Waals surface area contributed by atoms with E-state index in [1.807, 2.05) is 0 Å². The van der Waals surface area contributed by atoms with Gasteiger partial charge in [0, 0.05) is 12.6 Å². The van der Waals surface area contributed by atoms with Crippen molar-refractivity contribution in [2.24, 2.45) is 0 Å². The van der Waals surface area contributed by atoms with Gasteiger partial charge < -0.3 is 9.64 Å². The molecule has 0 radical (unpaired) electrons. The summed E-state index contributed by atoms with van der Waals surface area (Å²) in [5, 5.41) is 0.